The predicted molar refractivity (Wildman–Crippen MR) is 101 cm³/mol. The second kappa shape index (κ2) is 5.94. The van der Waals surface area contributed by atoms with Gasteiger partial charge in [0.15, 0.2) is 0 Å². The van der Waals surface area contributed by atoms with Gasteiger partial charge in [-0.1, -0.05) is 12.1 Å². The Hall–Kier alpha value is -3.34. The molecule has 0 fully saturated rings. The lowest BCUT2D eigenvalue weighted by Crippen LogP contribution is -2.07. The summed E-state index contributed by atoms with van der Waals surface area (Å²) < 4.78 is 2.01. The number of H-pyrrole nitrogens is 1. The number of hydrogen-bond donors (Lipinski definition) is 1. The number of nitrogens with one attached hydrogen (secondary N) is 1. The topological polar surface area (TPSA) is 53.4 Å². The molecule has 0 aliphatic carbocycles. The number of anilines is 1. The number of fused-ring (bicyclic) bond motifs is 1. The van der Waals surface area contributed by atoms with E-state index in [-0.39, 0.29) is 5.56 Å². The number of imidazole rings is 1. The number of aromatic nitrogens is 3. The number of benzene rings is 1. The van der Waals surface area contributed by atoms with Gasteiger partial charge in [0.25, 0.3) is 0 Å². The van der Waals surface area contributed by atoms with Crippen LogP contribution < -0.4 is 10.5 Å². The Morgan fingerprint density at radius 3 is 2.44 bits per heavy atom. The summed E-state index contributed by atoms with van der Waals surface area (Å²) in [4.78, 5) is 20.4. The van der Waals surface area contributed by atoms with Gasteiger partial charge in [-0.3, -0.25) is 4.79 Å². The summed E-state index contributed by atoms with van der Waals surface area (Å²) in [6.07, 6.45) is 7.44. The van der Waals surface area contributed by atoms with Crippen molar-refractivity contribution in [2.75, 3.05) is 19.0 Å². The van der Waals surface area contributed by atoms with E-state index in [9.17, 15) is 4.79 Å². The zero-order valence-electron chi connectivity index (χ0n) is 14.1. The normalized spacial score (nSPS) is 11.0. The number of aromatic amines is 1. The Morgan fingerprint density at radius 1 is 1.00 bits per heavy atom. The van der Waals surface area contributed by atoms with Crippen LogP contribution in [0.1, 0.15) is 0 Å². The molecule has 0 radical (unpaired) electrons. The minimum Gasteiger partial charge on any atom is -0.378 e. The zero-order chi connectivity index (χ0) is 17.4. The van der Waals surface area contributed by atoms with E-state index >= 15 is 0 Å². The molecule has 4 aromatic rings. The van der Waals surface area contributed by atoms with Gasteiger partial charge in [-0.25, -0.2) is 4.98 Å². The van der Waals surface area contributed by atoms with Gasteiger partial charge in [0.05, 0.1) is 18.0 Å². The largest absolute Gasteiger partial charge is 0.378 e. The van der Waals surface area contributed by atoms with Crippen molar-refractivity contribution in [1.82, 2.24) is 14.4 Å². The molecule has 5 heteroatoms. The molecular formula is C20H18N4O. The Morgan fingerprint density at radius 2 is 1.76 bits per heavy atom. The fourth-order valence-corrected chi connectivity index (χ4v) is 2.95. The molecule has 0 unspecified atom stereocenters. The molecule has 3 aromatic heterocycles. The molecule has 0 bridgehead atoms. The van der Waals surface area contributed by atoms with E-state index in [1.165, 1.54) is 0 Å². The lowest BCUT2D eigenvalue weighted by molar-refractivity contribution is 1.13. The molecule has 124 valence electrons. The van der Waals surface area contributed by atoms with Crippen LogP contribution in [0.25, 0.3) is 27.8 Å². The van der Waals surface area contributed by atoms with E-state index in [2.05, 4.69) is 51.4 Å². The highest BCUT2D eigenvalue weighted by atomic mass is 16.1. The monoisotopic (exact) mass is 330 g/mol. The molecule has 0 amide bonds. The van der Waals surface area contributed by atoms with Crippen LogP contribution in [-0.2, 0) is 0 Å². The zero-order valence-corrected chi connectivity index (χ0v) is 14.1. The fourth-order valence-electron chi connectivity index (χ4n) is 2.95. The van der Waals surface area contributed by atoms with Crippen LogP contribution in [0.2, 0.25) is 0 Å². The van der Waals surface area contributed by atoms with Gasteiger partial charge in [-0.15, -0.1) is 0 Å². The van der Waals surface area contributed by atoms with Gasteiger partial charge in [-0.05, 0) is 35.4 Å². The van der Waals surface area contributed by atoms with Gasteiger partial charge < -0.3 is 14.3 Å². The summed E-state index contributed by atoms with van der Waals surface area (Å²) in [7, 11) is 4.06. The van der Waals surface area contributed by atoms with Crippen LogP contribution in [0.3, 0.4) is 0 Å². The number of hydrogen-bond acceptors (Lipinski definition) is 3. The Bertz CT molecular complexity index is 1070. The van der Waals surface area contributed by atoms with Crippen LogP contribution >= 0.6 is 0 Å². The summed E-state index contributed by atoms with van der Waals surface area (Å²) in [5.41, 5.74) is 6.27. The predicted octanol–water partition coefficient (Wildman–Crippen LogP) is 3.42. The lowest BCUT2D eigenvalue weighted by Gasteiger charge is -2.13. The van der Waals surface area contributed by atoms with Crippen LogP contribution in [0.4, 0.5) is 5.69 Å². The van der Waals surface area contributed by atoms with E-state index in [4.69, 9.17) is 0 Å². The number of rotatable bonds is 3. The first-order valence-electron chi connectivity index (χ1n) is 8.04. The quantitative estimate of drug-likeness (QED) is 0.626. The first-order chi connectivity index (χ1) is 12.1. The van der Waals surface area contributed by atoms with Crippen molar-refractivity contribution < 1.29 is 0 Å². The summed E-state index contributed by atoms with van der Waals surface area (Å²) >= 11 is 0. The lowest BCUT2D eigenvalue weighted by atomic mass is 10.0. The smallest absolute Gasteiger partial charge is 0.247 e. The van der Waals surface area contributed by atoms with Crippen molar-refractivity contribution in [3.05, 3.63) is 77.7 Å². The third-order valence-corrected chi connectivity index (χ3v) is 4.33. The van der Waals surface area contributed by atoms with Crippen molar-refractivity contribution in [2.24, 2.45) is 0 Å². The summed E-state index contributed by atoms with van der Waals surface area (Å²) in [6.45, 7) is 0. The van der Waals surface area contributed by atoms with Crippen LogP contribution in [0.5, 0.6) is 0 Å². The molecule has 5 nitrogen and oxygen atoms in total. The molecule has 0 saturated heterocycles. The van der Waals surface area contributed by atoms with Gasteiger partial charge in [0, 0.05) is 49.4 Å². The van der Waals surface area contributed by atoms with E-state index < -0.39 is 0 Å². The third-order valence-electron chi connectivity index (χ3n) is 4.33. The van der Waals surface area contributed by atoms with Crippen molar-refractivity contribution in [3.8, 4) is 22.3 Å². The molecular weight excluding hydrogens is 312 g/mol. The van der Waals surface area contributed by atoms with Gasteiger partial charge in [-0.2, -0.15) is 0 Å². The first kappa shape index (κ1) is 15.2. The molecule has 0 spiro atoms. The molecule has 1 aromatic carbocycles. The molecule has 0 saturated carbocycles. The molecule has 3 heterocycles. The minimum absolute atomic E-state index is 0.108. The molecule has 4 rings (SSSR count). The summed E-state index contributed by atoms with van der Waals surface area (Å²) in [6, 6.07) is 13.9. The maximum atomic E-state index is 11.4. The van der Waals surface area contributed by atoms with Gasteiger partial charge in [0.2, 0.25) is 5.56 Å². The highest BCUT2D eigenvalue weighted by Gasteiger charge is 2.09. The van der Waals surface area contributed by atoms with E-state index in [0.29, 0.717) is 0 Å². The highest BCUT2D eigenvalue weighted by molar-refractivity contribution is 5.84. The van der Waals surface area contributed by atoms with Crippen LogP contribution in [0, 0.1) is 0 Å². The fraction of sp³-hybridized carbons (Fsp3) is 0.100. The number of nitrogens with zero attached hydrogens (tertiary/aromatic N) is 3. The van der Waals surface area contributed by atoms with Crippen molar-refractivity contribution >= 4 is 11.2 Å². The van der Waals surface area contributed by atoms with E-state index in [0.717, 1.165) is 33.5 Å². The van der Waals surface area contributed by atoms with Crippen LogP contribution in [0.15, 0.2) is 72.2 Å². The second-order valence-electron chi connectivity index (χ2n) is 6.21. The maximum absolute atomic E-state index is 11.4. The molecule has 1 N–H and O–H groups in total. The Balaban J connectivity index is 1.88. The maximum Gasteiger partial charge on any atom is 0.247 e. The summed E-state index contributed by atoms with van der Waals surface area (Å²) in [5, 5.41) is 0. The van der Waals surface area contributed by atoms with E-state index in [1.807, 2.05) is 30.8 Å². The standard InChI is InChI=1S/C20H18N4O/c1-23(2)17-6-3-14(4-7-17)16-9-18(15-5-8-20(25)22-10-15)19-11-21-13-24(19)12-16/h3-13H,1-2H3,(H,22,25). The van der Waals surface area contributed by atoms with Crippen molar-refractivity contribution in [3.63, 3.8) is 0 Å². The molecule has 0 aliphatic heterocycles. The van der Waals surface area contributed by atoms with Crippen molar-refractivity contribution in [2.45, 2.75) is 0 Å². The average Bonchev–Trinajstić information content (AvgIpc) is 3.10. The molecule has 0 atom stereocenters. The van der Waals surface area contributed by atoms with Gasteiger partial charge in [0.1, 0.15) is 0 Å². The van der Waals surface area contributed by atoms with E-state index in [1.54, 1.807) is 18.6 Å². The second-order valence-corrected chi connectivity index (χ2v) is 6.21. The summed E-state index contributed by atoms with van der Waals surface area (Å²) in [5.74, 6) is 0. The Kier molecular flexibility index (Phi) is 3.61. The first-order valence-corrected chi connectivity index (χ1v) is 8.04. The van der Waals surface area contributed by atoms with Crippen LogP contribution in [-0.4, -0.2) is 28.5 Å². The SMILES string of the molecule is CN(C)c1ccc(-c2cc(-c3ccc(=O)[nH]c3)c3cncn3c2)cc1. The Labute approximate surface area is 145 Å². The van der Waals surface area contributed by atoms with Gasteiger partial charge >= 0.3 is 0 Å². The molecule has 0 aliphatic rings. The average molecular weight is 330 g/mol. The minimum atomic E-state index is -0.108. The van der Waals surface area contributed by atoms with Crippen molar-refractivity contribution in [1.29, 1.82) is 0 Å². The number of pyridine rings is 2. The molecule has 25 heavy (non-hydrogen) atoms. The third kappa shape index (κ3) is 2.80. The highest BCUT2D eigenvalue weighted by Crippen LogP contribution is 2.30.